The van der Waals surface area contributed by atoms with Gasteiger partial charge in [0.15, 0.2) is 11.0 Å². The van der Waals surface area contributed by atoms with Crippen LogP contribution in [-0.2, 0) is 13.1 Å². The molecule has 0 radical (unpaired) electrons. The Morgan fingerprint density at radius 2 is 1.67 bits per heavy atom. The summed E-state index contributed by atoms with van der Waals surface area (Å²) in [5.41, 5.74) is 3.99. The van der Waals surface area contributed by atoms with Gasteiger partial charge in [0.1, 0.15) is 6.54 Å². The number of imidazole rings is 1. The van der Waals surface area contributed by atoms with Crippen LogP contribution in [0.5, 0.6) is 0 Å². The molecule has 0 unspecified atom stereocenters. The quantitative estimate of drug-likeness (QED) is 0.616. The maximum atomic E-state index is 2.38. The van der Waals surface area contributed by atoms with Crippen LogP contribution in [-0.4, -0.2) is 4.57 Å². The fourth-order valence-electron chi connectivity index (χ4n) is 2.66. The Kier molecular flexibility index (Phi) is 5.40. The second-order valence-electron chi connectivity index (χ2n) is 5.26. The number of aromatic nitrogens is 2. The summed E-state index contributed by atoms with van der Waals surface area (Å²) in [6, 6.07) is 19.3. The minimum absolute atomic E-state index is 0. The summed E-state index contributed by atoms with van der Waals surface area (Å²) in [4.78, 5) is 0. The normalized spacial score (nSPS) is 10.5. The van der Waals surface area contributed by atoms with Crippen molar-refractivity contribution >= 4 is 11.0 Å². The van der Waals surface area contributed by atoms with Crippen LogP contribution in [0, 0.1) is 0 Å². The number of benzene rings is 2. The van der Waals surface area contributed by atoms with Gasteiger partial charge in [0, 0.05) is 0 Å². The Labute approximate surface area is 132 Å². The predicted octanol–water partition coefficient (Wildman–Crippen LogP) is 0.781. The molecule has 3 rings (SSSR count). The number of rotatable bonds is 5. The smallest absolute Gasteiger partial charge is 0.245 e. The highest BCUT2D eigenvalue weighted by Gasteiger charge is 2.14. The number of fused-ring (bicyclic) bond motifs is 1. The predicted molar refractivity (Wildman–Crippen MR) is 82.6 cm³/mol. The summed E-state index contributed by atoms with van der Waals surface area (Å²) < 4.78 is 4.72. The second-order valence-corrected chi connectivity index (χ2v) is 5.26. The third kappa shape index (κ3) is 3.45. The van der Waals surface area contributed by atoms with E-state index >= 15 is 0 Å². The average Bonchev–Trinajstić information content (AvgIpc) is 2.85. The summed E-state index contributed by atoms with van der Waals surface area (Å²) in [7, 11) is 0. The van der Waals surface area contributed by atoms with Crippen molar-refractivity contribution in [2.45, 2.75) is 32.9 Å². The van der Waals surface area contributed by atoms with Crippen LogP contribution in [0.2, 0.25) is 0 Å². The van der Waals surface area contributed by atoms with Gasteiger partial charge in [-0.2, -0.15) is 0 Å². The van der Waals surface area contributed by atoms with Gasteiger partial charge < -0.3 is 12.4 Å². The first-order chi connectivity index (χ1) is 9.88. The molecule has 0 fully saturated rings. The summed E-state index contributed by atoms with van der Waals surface area (Å²) in [5.74, 6) is 0. The van der Waals surface area contributed by atoms with Gasteiger partial charge in [-0.15, -0.1) is 0 Å². The van der Waals surface area contributed by atoms with E-state index in [1.54, 1.807) is 0 Å². The molecular weight excluding hydrogens is 280 g/mol. The van der Waals surface area contributed by atoms with E-state index in [4.69, 9.17) is 0 Å². The second kappa shape index (κ2) is 7.28. The molecule has 3 aromatic rings. The van der Waals surface area contributed by atoms with Gasteiger partial charge in [-0.05, 0) is 24.1 Å². The van der Waals surface area contributed by atoms with E-state index in [0.29, 0.717) is 0 Å². The highest BCUT2D eigenvalue weighted by Crippen LogP contribution is 2.12. The zero-order valence-electron chi connectivity index (χ0n) is 12.4. The Hall–Kier alpha value is -1.80. The number of para-hydroxylation sites is 2. The number of unbranched alkanes of at least 4 members (excludes halogenated alkanes) is 1. The zero-order chi connectivity index (χ0) is 13.8. The van der Waals surface area contributed by atoms with Gasteiger partial charge in [0.25, 0.3) is 0 Å². The van der Waals surface area contributed by atoms with E-state index < -0.39 is 0 Å². The van der Waals surface area contributed by atoms with Gasteiger partial charge in [0.2, 0.25) is 6.33 Å². The molecule has 0 N–H and O–H groups in total. The summed E-state index contributed by atoms with van der Waals surface area (Å²) >= 11 is 0. The molecule has 3 heteroatoms. The molecule has 0 atom stereocenters. The minimum Gasteiger partial charge on any atom is -1.00 e. The largest absolute Gasteiger partial charge is 1.00 e. The van der Waals surface area contributed by atoms with E-state index in [1.807, 2.05) is 0 Å². The molecule has 0 saturated heterocycles. The third-order valence-electron chi connectivity index (χ3n) is 3.73. The molecule has 1 aromatic heterocycles. The lowest BCUT2D eigenvalue weighted by Gasteiger charge is -1.97. The standard InChI is InChI=1S/C18H21N2.ClH/c1-2-3-13-19-15-20(14-16-9-5-4-6-10-16)18-12-8-7-11-17(18)19;/h4-12,15H,2-3,13-14H2,1H3;1H/q+1;/p-1. The molecule has 0 aliphatic carbocycles. The van der Waals surface area contributed by atoms with Crippen molar-refractivity contribution in [3.63, 3.8) is 0 Å². The fourth-order valence-corrected chi connectivity index (χ4v) is 2.66. The summed E-state index contributed by atoms with van der Waals surface area (Å²) in [5, 5.41) is 0. The number of hydrogen-bond acceptors (Lipinski definition) is 0. The number of nitrogens with zero attached hydrogens (tertiary/aromatic N) is 2. The van der Waals surface area contributed by atoms with Crippen molar-refractivity contribution in [2.75, 3.05) is 0 Å². The van der Waals surface area contributed by atoms with Gasteiger partial charge in [-0.25, -0.2) is 9.13 Å². The van der Waals surface area contributed by atoms with E-state index in [-0.39, 0.29) is 12.4 Å². The topological polar surface area (TPSA) is 8.81 Å². The molecule has 21 heavy (non-hydrogen) atoms. The number of hydrogen-bond donors (Lipinski definition) is 0. The van der Waals surface area contributed by atoms with Crippen molar-refractivity contribution in [1.82, 2.24) is 4.57 Å². The van der Waals surface area contributed by atoms with Crippen LogP contribution in [0.15, 0.2) is 60.9 Å². The molecule has 0 spiro atoms. The van der Waals surface area contributed by atoms with E-state index in [2.05, 4.69) is 77.0 Å². The summed E-state index contributed by atoms with van der Waals surface area (Å²) in [6.45, 7) is 4.27. The maximum absolute atomic E-state index is 2.38. The lowest BCUT2D eigenvalue weighted by molar-refractivity contribution is -0.663. The average molecular weight is 301 g/mol. The number of aryl methyl sites for hydroxylation is 1. The molecule has 2 aromatic carbocycles. The van der Waals surface area contributed by atoms with Gasteiger partial charge >= 0.3 is 0 Å². The van der Waals surface area contributed by atoms with Crippen LogP contribution in [0.3, 0.4) is 0 Å². The molecule has 2 nitrogen and oxygen atoms in total. The maximum Gasteiger partial charge on any atom is 0.245 e. The van der Waals surface area contributed by atoms with Crippen LogP contribution in [0.25, 0.3) is 11.0 Å². The molecule has 0 bridgehead atoms. The van der Waals surface area contributed by atoms with Crippen molar-refractivity contribution < 1.29 is 17.0 Å². The Morgan fingerprint density at radius 1 is 0.952 bits per heavy atom. The first-order valence-electron chi connectivity index (χ1n) is 7.39. The molecule has 1 heterocycles. The molecule has 0 saturated carbocycles. The van der Waals surface area contributed by atoms with Gasteiger partial charge in [0.05, 0.1) is 6.54 Å². The lowest BCUT2D eigenvalue weighted by Crippen LogP contribution is -3.00. The van der Waals surface area contributed by atoms with Crippen molar-refractivity contribution in [1.29, 1.82) is 0 Å². The van der Waals surface area contributed by atoms with Crippen LogP contribution < -0.4 is 17.0 Å². The number of halogens is 1. The Morgan fingerprint density at radius 3 is 2.43 bits per heavy atom. The van der Waals surface area contributed by atoms with E-state index in [9.17, 15) is 0 Å². The highest BCUT2D eigenvalue weighted by molar-refractivity contribution is 5.71. The molecule has 0 aliphatic heterocycles. The van der Waals surface area contributed by atoms with Crippen molar-refractivity contribution in [3.8, 4) is 0 Å². The van der Waals surface area contributed by atoms with E-state index in [1.165, 1.54) is 29.4 Å². The molecule has 110 valence electrons. The first kappa shape index (κ1) is 15.6. The van der Waals surface area contributed by atoms with Crippen LogP contribution >= 0.6 is 0 Å². The van der Waals surface area contributed by atoms with Gasteiger partial charge in [-0.1, -0.05) is 55.8 Å². The summed E-state index contributed by atoms with van der Waals surface area (Å²) in [6.07, 6.45) is 4.71. The van der Waals surface area contributed by atoms with Crippen LogP contribution in [0.1, 0.15) is 25.3 Å². The van der Waals surface area contributed by atoms with Gasteiger partial charge in [-0.3, -0.25) is 0 Å². The first-order valence-corrected chi connectivity index (χ1v) is 7.39. The Balaban J connectivity index is 0.00000161. The Bertz CT molecular complexity index is 689. The fraction of sp³-hybridized carbons (Fsp3) is 0.278. The minimum atomic E-state index is 0. The monoisotopic (exact) mass is 300 g/mol. The molecule has 0 amide bonds. The van der Waals surface area contributed by atoms with Crippen molar-refractivity contribution in [3.05, 3.63) is 66.5 Å². The zero-order valence-corrected chi connectivity index (χ0v) is 13.1. The van der Waals surface area contributed by atoms with Crippen molar-refractivity contribution in [2.24, 2.45) is 0 Å². The highest BCUT2D eigenvalue weighted by atomic mass is 35.5. The van der Waals surface area contributed by atoms with Crippen LogP contribution in [0.4, 0.5) is 0 Å². The lowest BCUT2D eigenvalue weighted by atomic mass is 10.2. The third-order valence-corrected chi connectivity index (χ3v) is 3.73. The molecule has 0 aliphatic rings. The van der Waals surface area contributed by atoms with E-state index in [0.717, 1.165) is 13.1 Å². The SMILES string of the molecule is CCCCn1c[n+](Cc2ccccc2)c2ccccc21.[Cl-]. The molecular formula is C18H21ClN2.